The number of rotatable bonds is 10. The maximum Gasteiger partial charge on any atom is 0.326 e. The van der Waals surface area contributed by atoms with Gasteiger partial charge in [0.25, 0.3) is 11.1 Å². The van der Waals surface area contributed by atoms with Crippen LogP contribution >= 0.6 is 27.7 Å². The first kappa shape index (κ1) is 24.9. The summed E-state index contributed by atoms with van der Waals surface area (Å²) in [5, 5.41) is -0.500. The summed E-state index contributed by atoms with van der Waals surface area (Å²) in [6.07, 6.45) is 3.21. The van der Waals surface area contributed by atoms with Crippen LogP contribution < -0.4 is 9.47 Å². The predicted octanol–water partition coefficient (Wildman–Crippen LogP) is 5.42. The molecule has 1 saturated heterocycles. The molecule has 174 valence electrons. The zero-order valence-corrected chi connectivity index (χ0v) is 20.7. The molecule has 1 aliphatic rings. The van der Waals surface area contributed by atoms with E-state index in [1.54, 1.807) is 24.3 Å². The second-order valence-electron chi connectivity index (χ2n) is 7.17. The Labute approximate surface area is 205 Å². The minimum atomic E-state index is -0.596. The van der Waals surface area contributed by atoms with E-state index in [0.717, 1.165) is 39.5 Å². The summed E-state index contributed by atoms with van der Waals surface area (Å²) >= 11 is 4.19. The normalized spacial score (nSPS) is 14.6. The lowest BCUT2D eigenvalue weighted by molar-refractivity contribution is -0.146. The summed E-state index contributed by atoms with van der Waals surface area (Å²) in [5.41, 5.74) is 1.67. The minimum absolute atomic E-state index is 0.229. The number of carbonyl (C=O) groups excluding carboxylic acids is 3. The number of esters is 1. The molecule has 0 aliphatic carbocycles. The Hall–Kier alpha value is -2.78. The lowest BCUT2D eigenvalue weighted by atomic mass is 10.1. The first-order valence-electron chi connectivity index (χ1n) is 10.4. The van der Waals surface area contributed by atoms with Crippen LogP contribution in [-0.2, 0) is 20.9 Å². The van der Waals surface area contributed by atoms with Gasteiger partial charge in [0.15, 0.2) is 11.5 Å². The molecule has 2 aromatic carbocycles. The van der Waals surface area contributed by atoms with Gasteiger partial charge in [-0.05, 0) is 59.7 Å². The van der Waals surface area contributed by atoms with E-state index in [0.29, 0.717) is 23.7 Å². The van der Waals surface area contributed by atoms with Gasteiger partial charge in [0.2, 0.25) is 0 Å². The van der Waals surface area contributed by atoms with Crippen molar-refractivity contribution in [1.82, 2.24) is 4.90 Å². The zero-order valence-electron chi connectivity index (χ0n) is 18.3. The van der Waals surface area contributed by atoms with Crippen LogP contribution in [0.1, 0.15) is 30.9 Å². The molecule has 7 nitrogen and oxygen atoms in total. The molecule has 0 aromatic heterocycles. The summed E-state index contributed by atoms with van der Waals surface area (Å²) in [7, 11) is 1.53. The maximum absolute atomic E-state index is 12.6. The first-order chi connectivity index (χ1) is 15.9. The number of imide groups is 1. The minimum Gasteiger partial charge on any atom is -0.493 e. The summed E-state index contributed by atoms with van der Waals surface area (Å²) in [6, 6.07) is 13.0. The van der Waals surface area contributed by atoms with Crippen molar-refractivity contribution in [2.75, 3.05) is 20.3 Å². The highest BCUT2D eigenvalue weighted by Crippen LogP contribution is 2.34. The molecule has 1 heterocycles. The second-order valence-corrected chi connectivity index (χ2v) is 9.08. The first-order valence-corrected chi connectivity index (χ1v) is 12.0. The van der Waals surface area contributed by atoms with E-state index in [2.05, 4.69) is 15.9 Å². The third-order valence-electron chi connectivity index (χ3n) is 4.71. The molecule has 0 unspecified atom stereocenters. The average molecular weight is 534 g/mol. The molecule has 9 heteroatoms. The van der Waals surface area contributed by atoms with E-state index in [-0.39, 0.29) is 11.5 Å². The van der Waals surface area contributed by atoms with Gasteiger partial charge in [-0.2, -0.15) is 0 Å². The molecule has 0 bridgehead atoms. The molecule has 3 rings (SSSR count). The molecule has 1 fully saturated rings. The Morgan fingerprint density at radius 1 is 1.12 bits per heavy atom. The number of ether oxygens (including phenoxy) is 3. The fourth-order valence-electron chi connectivity index (χ4n) is 2.93. The summed E-state index contributed by atoms with van der Waals surface area (Å²) in [4.78, 5) is 37.9. The Morgan fingerprint density at radius 3 is 2.58 bits per heavy atom. The second kappa shape index (κ2) is 11.9. The van der Waals surface area contributed by atoms with E-state index in [4.69, 9.17) is 14.2 Å². The number of unbranched alkanes of at least 4 members (excludes halogenated alkanes) is 1. The monoisotopic (exact) mass is 533 g/mol. The van der Waals surface area contributed by atoms with Crippen LogP contribution in [0, 0.1) is 0 Å². The Balaban J connectivity index is 1.67. The highest BCUT2D eigenvalue weighted by atomic mass is 79.9. The van der Waals surface area contributed by atoms with Gasteiger partial charge in [0.05, 0.1) is 18.6 Å². The number of halogens is 1. The average Bonchev–Trinajstić information content (AvgIpc) is 3.06. The molecule has 0 N–H and O–H groups in total. The number of nitrogens with zero attached hydrogens (tertiary/aromatic N) is 1. The number of benzene rings is 2. The Kier molecular flexibility index (Phi) is 8.96. The van der Waals surface area contributed by atoms with Gasteiger partial charge in [-0.1, -0.05) is 47.5 Å². The van der Waals surface area contributed by atoms with Crippen molar-refractivity contribution in [2.24, 2.45) is 0 Å². The van der Waals surface area contributed by atoms with Crippen LogP contribution in [0.15, 0.2) is 51.8 Å². The Bertz CT molecular complexity index is 1050. The topological polar surface area (TPSA) is 82.1 Å². The molecule has 0 spiro atoms. The third-order valence-corrected chi connectivity index (χ3v) is 6.15. The van der Waals surface area contributed by atoms with Crippen molar-refractivity contribution in [2.45, 2.75) is 26.4 Å². The van der Waals surface area contributed by atoms with Gasteiger partial charge in [-0.15, -0.1) is 0 Å². The zero-order chi connectivity index (χ0) is 23.8. The number of amides is 2. The molecular weight excluding hydrogens is 510 g/mol. The predicted molar refractivity (Wildman–Crippen MR) is 130 cm³/mol. The Morgan fingerprint density at radius 2 is 1.88 bits per heavy atom. The lowest BCUT2D eigenvalue weighted by Crippen LogP contribution is -2.34. The smallest absolute Gasteiger partial charge is 0.326 e. The van der Waals surface area contributed by atoms with Crippen LogP contribution in [0.2, 0.25) is 0 Å². The quantitative estimate of drug-likeness (QED) is 0.229. The highest BCUT2D eigenvalue weighted by Gasteiger charge is 2.36. The third kappa shape index (κ3) is 6.85. The largest absolute Gasteiger partial charge is 0.493 e. The van der Waals surface area contributed by atoms with Crippen LogP contribution in [0.25, 0.3) is 6.08 Å². The van der Waals surface area contributed by atoms with Crippen LogP contribution in [0.3, 0.4) is 0 Å². The van der Waals surface area contributed by atoms with Gasteiger partial charge in [-0.3, -0.25) is 19.3 Å². The lowest BCUT2D eigenvalue weighted by Gasteiger charge is -2.12. The fraction of sp³-hybridized carbons (Fsp3) is 0.292. The van der Waals surface area contributed by atoms with E-state index >= 15 is 0 Å². The standard InChI is InChI=1S/C24H24BrNO6S/c1-3-4-11-31-22(27)14-26-23(28)21(33-24(26)29)13-17-7-10-19(20(12-17)30-2)32-15-16-5-8-18(25)9-6-16/h5-10,12-13H,3-4,11,14-15H2,1-2H3/b21-13-. The van der Waals surface area contributed by atoms with Crippen molar-refractivity contribution in [3.8, 4) is 11.5 Å². The van der Waals surface area contributed by atoms with Crippen LogP contribution in [-0.4, -0.2) is 42.3 Å². The van der Waals surface area contributed by atoms with Gasteiger partial charge in [-0.25, -0.2) is 0 Å². The number of hydrogen-bond donors (Lipinski definition) is 0. The van der Waals surface area contributed by atoms with Crippen LogP contribution in [0.4, 0.5) is 4.79 Å². The van der Waals surface area contributed by atoms with Gasteiger partial charge in [0, 0.05) is 4.47 Å². The summed E-state index contributed by atoms with van der Waals surface area (Å²) in [6.45, 7) is 2.23. The molecule has 0 radical (unpaired) electrons. The summed E-state index contributed by atoms with van der Waals surface area (Å²) < 4.78 is 17.3. The molecule has 2 amide bonds. The number of carbonyl (C=O) groups is 3. The molecule has 0 saturated carbocycles. The molecular formula is C24H24BrNO6S. The molecule has 0 atom stereocenters. The molecule has 1 aliphatic heterocycles. The highest BCUT2D eigenvalue weighted by molar-refractivity contribution is 9.10. The molecule has 2 aromatic rings. The maximum atomic E-state index is 12.6. The number of methoxy groups -OCH3 is 1. The molecule has 33 heavy (non-hydrogen) atoms. The fourth-order valence-corrected chi connectivity index (χ4v) is 4.03. The van der Waals surface area contributed by atoms with Gasteiger partial charge in [0.1, 0.15) is 13.2 Å². The van der Waals surface area contributed by atoms with E-state index in [1.807, 2.05) is 31.2 Å². The van der Waals surface area contributed by atoms with E-state index in [9.17, 15) is 14.4 Å². The SMILES string of the molecule is CCCCOC(=O)CN1C(=O)S/C(=C\c2ccc(OCc3ccc(Br)cc3)c(OC)c2)C1=O. The van der Waals surface area contributed by atoms with Crippen LogP contribution in [0.5, 0.6) is 11.5 Å². The van der Waals surface area contributed by atoms with E-state index < -0.39 is 23.7 Å². The van der Waals surface area contributed by atoms with Crippen molar-refractivity contribution >= 4 is 50.9 Å². The number of hydrogen-bond acceptors (Lipinski definition) is 7. The van der Waals surface area contributed by atoms with E-state index in [1.165, 1.54) is 7.11 Å². The van der Waals surface area contributed by atoms with Crippen molar-refractivity contribution in [3.63, 3.8) is 0 Å². The van der Waals surface area contributed by atoms with Crippen molar-refractivity contribution < 1.29 is 28.6 Å². The number of thioether (sulfide) groups is 1. The van der Waals surface area contributed by atoms with Gasteiger partial charge >= 0.3 is 5.97 Å². The van der Waals surface area contributed by atoms with Gasteiger partial charge < -0.3 is 14.2 Å². The van der Waals surface area contributed by atoms with Crippen molar-refractivity contribution in [3.05, 3.63) is 63.0 Å². The summed E-state index contributed by atoms with van der Waals surface area (Å²) in [5.74, 6) is -0.0620. The van der Waals surface area contributed by atoms with Crippen molar-refractivity contribution in [1.29, 1.82) is 0 Å².